The van der Waals surface area contributed by atoms with Gasteiger partial charge in [0, 0.05) is 45.4 Å². The summed E-state index contributed by atoms with van der Waals surface area (Å²) in [7, 11) is 1.58. The highest BCUT2D eigenvalue weighted by molar-refractivity contribution is 6.36. The zero-order valence-corrected chi connectivity index (χ0v) is 19.2. The molecule has 162 valence electrons. The predicted molar refractivity (Wildman–Crippen MR) is 129 cm³/mol. The standard InChI is InChI=1S/C25H20Cl2N2O3/c1-14-6-7-28-24(8-14)29-25(30)9-15(2)18-11-19-20(13-32-23(19)12-22(18)31-3)17-5-4-16(26)10-21(17)27/h4-13H,1-3H3,(H,28,29,30)/b15-9+. The summed E-state index contributed by atoms with van der Waals surface area (Å²) in [5.41, 5.74) is 4.77. The van der Waals surface area contributed by atoms with Crippen LogP contribution in [-0.4, -0.2) is 18.0 Å². The molecule has 0 saturated carbocycles. The maximum absolute atomic E-state index is 12.6. The summed E-state index contributed by atoms with van der Waals surface area (Å²) < 4.78 is 11.3. The molecule has 7 heteroatoms. The van der Waals surface area contributed by atoms with E-state index in [4.69, 9.17) is 32.4 Å². The van der Waals surface area contributed by atoms with Gasteiger partial charge in [-0.2, -0.15) is 0 Å². The fourth-order valence-electron chi connectivity index (χ4n) is 3.49. The average molecular weight is 467 g/mol. The summed E-state index contributed by atoms with van der Waals surface area (Å²) in [4.78, 5) is 16.7. The molecule has 0 unspecified atom stereocenters. The number of fused-ring (bicyclic) bond motifs is 1. The number of methoxy groups -OCH3 is 1. The van der Waals surface area contributed by atoms with Crippen molar-refractivity contribution >= 4 is 51.5 Å². The van der Waals surface area contributed by atoms with Crippen LogP contribution in [0.4, 0.5) is 5.82 Å². The summed E-state index contributed by atoms with van der Waals surface area (Å²) >= 11 is 12.5. The quantitative estimate of drug-likeness (QED) is 0.316. The lowest BCUT2D eigenvalue weighted by molar-refractivity contribution is -0.111. The molecule has 1 amide bonds. The number of nitrogens with zero attached hydrogens (tertiary/aromatic N) is 1. The number of rotatable bonds is 5. The number of halogens is 2. The van der Waals surface area contributed by atoms with Crippen LogP contribution in [0.25, 0.3) is 27.7 Å². The number of aromatic nitrogens is 1. The molecule has 0 aliphatic heterocycles. The predicted octanol–water partition coefficient (Wildman–Crippen LogP) is 7.16. The molecule has 0 atom stereocenters. The Morgan fingerprint density at radius 1 is 1.12 bits per heavy atom. The van der Waals surface area contributed by atoms with Crippen LogP contribution in [0.15, 0.2) is 65.4 Å². The second-order valence-corrected chi connectivity index (χ2v) is 8.20. The Balaban J connectivity index is 1.74. The lowest BCUT2D eigenvalue weighted by Gasteiger charge is -2.10. The fraction of sp³-hybridized carbons (Fsp3) is 0.120. The molecule has 0 radical (unpaired) electrons. The number of amides is 1. The summed E-state index contributed by atoms with van der Waals surface area (Å²) in [6.45, 7) is 3.79. The van der Waals surface area contributed by atoms with Gasteiger partial charge in [-0.05, 0) is 55.3 Å². The first-order valence-corrected chi connectivity index (χ1v) is 10.6. The lowest BCUT2D eigenvalue weighted by Crippen LogP contribution is -2.10. The van der Waals surface area contributed by atoms with Crippen LogP contribution in [0.2, 0.25) is 10.0 Å². The van der Waals surface area contributed by atoms with Crippen molar-refractivity contribution in [3.63, 3.8) is 0 Å². The summed E-state index contributed by atoms with van der Waals surface area (Å²) in [5.74, 6) is 0.808. The Labute approximate surface area is 195 Å². The molecule has 2 aromatic heterocycles. The highest BCUT2D eigenvalue weighted by Crippen LogP contribution is 2.40. The average Bonchev–Trinajstić information content (AvgIpc) is 3.15. The molecule has 2 heterocycles. The third kappa shape index (κ3) is 4.49. The van der Waals surface area contributed by atoms with E-state index < -0.39 is 0 Å². The topological polar surface area (TPSA) is 64.4 Å². The molecule has 4 aromatic rings. The van der Waals surface area contributed by atoms with E-state index in [2.05, 4.69) is 10.3 Å². The van der Waals surface area contributed by atoms with Crippen LogP contribution in [0, 0.1) is 6.92 Å². The zero-order valence-electron chi connectivity index (χ0n) is 17.7. The number of pyridine rings is 1. The van der Waals surface area contributed by atoms with Gasteiger partial charge in [0.25, 0.3) is 0 Å². The number of aryl methyl sites for hydroxylation is 1. The van der Waals surface area contributed by atoms with Crippen LogP contribution in [0.3, 0.4) is 0 Å². The summed E-state index contributed by atoms with van der Waals surface area (Å²) in [5, 5.41) is 4.71. The second-order valence-electron chi connectivity index (χ2n) is 7.36. The van der Waals surface area contributed by atoms with Gasteiger partial charge in [-0.1, -0.05) is 29.3 Å². The summed E-state index contributed by atoms with van der Waals surface area (Å²) in [6.07, 6.45) is 4.82. The lowest BCUT2D eigenvalue weighted by atomic mass is 9.99. The van der Waals surface area contributed by atoms with E-state index in [1.165, 1.54) is 6.08 Å². The minimum atomic E-state index is -0.282. The minimum Gasteiger partial charge on any atom is -0.496 e. The molecule has 0 aliphatic rings. The molecule has 4 rings (SSSR count). The number of hydrogen-bond acceptors (Lipinski definition) is 4. The molecule has 2 aromatic carbocycles. The zero-order chi connectivity index (χ0) is 22.8. The molecule has 0 saturated heterocycles. The van der Waals surface area contributed by atoms with Crippen molar-refractivity contribution in [1.82, 2.24) is 4.98 Å². The van der Waals surface area contributed by atoms with Crippen LogP contribution in [0.5, 0.6) is 5.75 Å². The van der Waals surface area contributed by atoms with Gasteiger partial charge in [-0.15, -0.1) is 0 Å². The van der Waals surface area contributed by atoms with Crippen LogP contribution < -0.4 is 10.1 Å². The van der Waals surface area contributed by atoms with E-state index in [0.29, 0.717) is 27.2 Å². The number of benzene rings is 2. The SMILES string of the molecule is COc1cc2occ(-c3ccc(Cl)cc3Cl)c2cc1/C(C)=C/C(=O)Nc1cc(C)ccn1. The van der Waals surface area contributed by atoms with Crippen LogP contribution in [-0.2, 0) is 4.79 Å². The van der Waals surface area contributed by atoms with E-state index in [-0.39, 0.29) is 5.91 Å². The Bertz CT molecular complexity index is 1360. The van der Waals surface area contributed by atoms with Gasteiger partial charge in [0.2, 0.25) is 5.91 Å². The van der Waals surface area contributed by atoms with Gasteiger partial charge < -0.3 is 14.5 Å². The number of furan rings is 1. The number of hydrogen-bond donors (Lipinski definition) is 1. The second kappa shape index (κ2) is 9.07. The van der Waals surface area contributed by atoms with Crippen molar-refractivity contribution in [1.29, 1.82) is 0 Å². The van der Waals surface area contributed by atoms with E-state index in [1.807, 2.05) is 32.0 Å². The molecule has 1 N–H and O–H groups in total. The van der Waals surface area contributed by atoms with E-state index in [9.17, 15) is 4.79 Å². The maximum Gasteiger partial charge on any atom is 0.249 e. The number of anilines is 1. The van der Waals surface area contributed by atoms with Gasteiger partial charge in [0.15, 0.2) is 0 Å². The molecule has 0 aliphatic carbocycles. The first-order valence-electron chi connectivity index (χ1n) is 9.82. The number of nitrogens with one attached hydrogen (secondary N) is 1. The van der Waals surface area contributed by atoms with Gasteiger partial charge in [0.05, 0.1) is 18.4 Å². The van der Waals surface area contributed by atoms with Gasteiger partial charge in [-0.3, -0.25) is 4.79 Å². The van der Waals surface area contributed by atoms with Crippen molar-refractivity contribution < 1.29 is 13.9 Å². The first kappa shape index (κ1) is 21.9. The Kier molecular flexibility index (Phi) is 6.21. The third-order valence-electron chi connectivity index (χ3n) is 5.06. The molecule has 5 nitrogen and oxygen atoms in total. The number of ether oxygens (including phenoxy) is 1. The van der Waals surface area contributed by atoms with Crippen molar-refractivity contribution in [2.45, 2.75) is 13.8 Å². The van der Waals surface area contributed by atoms with Gasteiger partial charge >= 0.3 is 0 Å². The summed E-state index contributed by atoms with van der Waals surface area (Å²) in [6, 6.07) is 12.7. The van der Waals surface area contributed by atoms with Crippen LogP contribution in [0.1, 0.15) is 18.1 Å². The van der Waals surface area contributed by atoms with Crippen molar-refractivity contribution in [2.75, 3.05) is 12.4 Å². The normalized spacial score (nSPS) is 11.6. The monoisotopic (exact) mass is 466 g/mol. The van der Waals surface area contributed by atoms with Gasteiger partial charge in [-0.25, -0.2) is 4.98 Å². The molecule has 0 fully saturated rings. The largest absolute Gasteiger partial charge is 0.496 e. The van der Waals surface area contributed by atoms with Crippen molar-refractivity contribution in [2.24, 2.45) is 0 Å². The number of allylic oxidation sites excluding steroid dienone is 1. The Morgan fingerprint density at radius 2 is 1.94 bits per heavy atom. The van der Waals surface area contributed by atoms with Gasteiger partial charge in [0.1, 0.15) is 17.2 Å². The Morgan fingerprint density at radius 3 is 2.66 bits per heavy atom. The highest BCUT2D eigenvalue weighted by Gasteiger charge is 2.16. The molecule has 0 spiro atoms. The highest BCUT2D eigenvalue weighted by atomic mass is 35.5. The van der Waals surface area contributed by atoms with E-state index >= 15 is 0 Å². The van der Waals surface area contributed by atoms with Crippen molar-refractivity contribution in [3.8, 4) is 16.9 Å². The Hall–Kier alpha value is -3.28. The smallest absolute Gasteiger partial charge is 0.249 e. The van der Waals surface area contributed by atoms with E-state index in [0.717, 1.165) is 33.2 Å². The van der Waals surface area contributed by atoms with Crippen LogP contribution >= 0.6 is 23.2 Å². The number of carbonyl (C=O) groups is 1. The first-order chi connectivity index (χ1) is 15.4. The fourth-order valence-corrected chi connectivity index (χ4v) is 4.00. The molecular weight excluding hydrogens is 447 g/mol. The number of carbonyl (C=O) groups excluding carboxylic acids is 1. The maximum atomic E-state index is 12.6. The minimum absolute atomic E-state index is 0.282. The molecule has 0 bridgehead atoms. The molecule has 32 heavy (non-hydrogen) atoms. The van der Waals surface area contributed by atoms with E-state index in [1.54, 1.807) is 43.8 Å². The molecular formula is C25H20Cl2N2O3. The van der Waals surface area contributed by atoms with Crippen molar-refractivity contribution in [3.05, 3.63) is 82.2 Å². The third-order valence-corrected chi connectivity index (χ3v) is 5.60.